The molecule has 0 aliphatic carbocycles. The standard InChI is InChI=1S/C17H32N2O2S/c1-16(2,3)21-15(20)19-10-5-7-14(8-11-19)18-13-17(4)9-6-12-22-17/h14,18H,5-13H2,1-4H3. The fourth-order valence-electron chi connectivity index (χ4n) is 3.15. The minimum atomic E-state index is -0.407. The maximum absolute atomic E-state index is 12.2. The molecule has 0 aromatic rings. The molecule has 2 saturated heterocycles. The van der Waals surface area contributed by atoms with Gasteiger partial charge in [-0.1, -0.05) is 0 Å². The molecule has 0 bridgehead atoms. The molecule has 2 fully saturated rings. The zero-order valence-electron chi connectivity index (χ0n) is 14.6. The number of rotatable bonds is 3. The highest BCUT2D eigenvalue weighted by molar-refractivity contribution is 8.00. The SMILES string of the molecule is CC(C)(C)OC(=O)N1CCCC(NCC2(C)CCCS2)CC1. The Morgan fingerprint density at radius 2 is 2.09 bits per heavy atom. The van der Waals surface area contributed by atoms with Crippen molar-refractivity contribution >= 4 is 17.9 Å². The molecule has 128 valence electrons. The molecule has 2 aliphatic rings. The first-order valence-electron chi connectivity index (χ1n) is 8.63. The van der Waals surface area contributed by atoms with Crippen molar-refractivity contribution in [1.82, 2.24) is 10.2 Å². The second-order valence-electron chi connectivity index (χ2n) is 7.88. The lowest BCUT2D eigenvalue weighted by Gasteiger charge is -2.27. The number of ether oxygens (including phenoxy) is 1. The highest BCUT2D eigenvalue weighted by Gasteiger charge is 2.31. The fourth-order valence-corrected chi connectivity index (χ4v) is 4.40. The summed E-state index contributed by atoms with van der Waals surface area (Å²) in [5.74, 6) is 1.30. The third-order valence-electron chi connectivity index (χ3n) is 4.44. The molecule has 4 nitrogen and oxygen atoms in total. The van der Waals surface area contributed by atoms with Crippen LogP contribution in [0.5, 0.6) is 0 Å². The molecule has 1 N–H and O–H groups in total. The van der Waals surface area contributed by atoms with E-state index < -0.39 is 5.60 Å². The minimum absolute atomic E-state index is 0.161. The first-order valence-corrected chi connectivity index (χ1v) is 9.61. The molecule has 0 spiro atoms. The van der Waals surface area contributed by atoms with Crippen LogP contribution in [-0.2, 0) is 4.74 Å². The third kappa shape index (κ3) is 5.65. The van der Waals surface area contributed by atoms with E-state index in [0.29, 0.717) is 10.8 Å². The van der Waals surface area contributed by atoms with Gasteiger partial charge in [-0.05, 0) is 65.6 Å². The molecular weight excluding hydrogens is 296 g/mol. The maximum Gasteiger partial charge on any atom is 0.410 e. The largest absolute Gasteiger partial charge is 0.444 e. The highest BCUT2D eigenvalue weighted by Crippen LogP contribution is 2.37. The van der Waals surface area contributed by atoms with Gasteiger partial charge in [0.05, 0.1) is 0 Å². The van der Waals surface area contributed by atoms with Crippen LogP contribution in [-0.4, -0.2) is 52.8 Å². The van der Waals surface area contributed by atoms with Crippen molar-refractivity contribution in [1.29, 1.82) is 0 Å². The number of likely N-dealkylation sites (tertiary alicyclic amines) is 1. The molecule has 5 heteroatoms. The van der Waals surface area contributed by atoms with Crippen LogP contribution < -0.4 is 5.32 Å². The molecule has 0 radical (unpaired) electrons. The summed E-state index contributed by atoms with van der Waals surface area (Å²) in [4.78, 5) is 14.0. The summed E-state index contributed by atoms with van der Waals surface area (Å²) in [5, 5.41) is 3.75. The molecule has 2 atom stereocenters. The monoisotopic (exact) mass is 328 g/mol. The van der Waals surface area contributed by atoms with Gasteiger partial charge in [-0.25, -0.2) is 4.79 Å². The van der Waals surface area contributed by atoms with E-state index in [-0.39, 0.29) is 6.09 Å². The molecule has 0 aromatic carbocycles. The number of carbonyl (C=O) groups excluding carboxylic acids is 1. The van der Waals surface area contributed by atoms with E-state index in [1.54, 1.807) is 0 Å². The Kier molecular flexibility index (Phi) is 6.06. The first-order chi connectivity index (χ1) is 10.3. The Morgan fingerprint density at radius 1 is 1.32 bits per heavy atom. The number of carbonyl (C=O) groups is 1. The second-order valence-corrected chi connectivity index (χ2v) is 9.56. The average Bonchev–Trinajstić information content (AvgIpc) is 2.71. The Morgan fingerprint density at radius 3 is 2.73 bits per heavy atom. The normalized spacial score (nSPS) is 30.2. The molecule has 22 heavy (non-hydrogen) atoms. The van der Waals surface area contributed by atoms with Gasteiger partial charge in [0.1, 0.15) is 5.60 Å². The Hall–Kier alpha value is -0.420. The van der Waals surface area contributed by atoms with E-state index in [2.05, 4.69) is 24.0 Å². The predicted octanol–water partition coefficient (Wildman–Crippen LogP) is 3.65. The molecule has 0 saturated carbocycles. The van der Waals surface area contributed by atoms with Crippen molar-refractivity contribution in [3.8, 4) is 0 Å². The van der Waals surface area contributed by atoms with Crippen molar-refractivity contribution in [3.05, 3.63) is 0 Å². The van der Waals surface area contributed by atoms with Crippen LogP contribution in [0, 0.1) is 0 Å². The lowest BCUT2D eigenvalue weighted by atomic mass is 10.0. The number of nitrogens with zero attached hydrogens (tertiary/aromatic N) is 1. The van der Waals surface area contributed by atoms with Crippen molar-refractivity contribution < 1.29 is 9.53 Å². The highest BCUT2D eigenvalue weighted by atomic mass is 32.2. The van der Waals surface area contributed by atoms with Gasteiger partial charge in [-0.2, -0.15) is 11.8 Å². The number of nitrogens with one attached hydrogen (secondary N) is 1. The number of thioether (sulfide) groups is 1. The summed E-state index contributed by atoms with van der Waals surface area (Å²) < 4.78 is 5.90. The van der Waals surface area contributed by atoms with Crippen molar-refractivity contribution in [3.63, 3.8) is 0 Å². The summed E-state index contributed by atoms with van der Waals surface area (Å²) in [6.45, 7) is 10.9. The van der Waals surface area contributed by atoms with Crippen LogP contribution in [0.4, 0.5) is 4.79 Å². The van der Waals surface area contributed by atoms with Crippen LogP contribution in [0.2, 0.25) is 0 Å². The summed E-state index contributed by atoms with van der Waals surface area (Å²) in [7, 11) is 0. The van der Waals surface area contributed by atoms with Crippen molar-refractivity contribution in [2.45, 2.75) is 76.2 Å². The molecule has 2 rings (SSSR count). The van der Waals surface area contributed by atoms with E-state index in [4.69, 9.17) is 4.74 Å². The van der Waals surface area contributed by atoms with E-state index in [1.165, 1.54) is 18.6 Å². The van der Waals surface area contributed by atoms with Crippen LogP contribution in [0.15, 0.2) is 0 Å². The lowest BCUT2D eigenvalue weighted by Crippen LogP contribution is -2.41. The van der Waals surface area contributed by atoms with Crippen molar-refractivity contribution in [2.75, 3.05) is 25.4 Å². The zero-order chi connectivity index (χ0) is 16.2. The minimum Gasteiger partial charge on any atom is -0.444 e. The van der Waals surface area contributed by atoms with Crippen LogP contribution in [0.25, 0.3) is 0 Å². The topological polar surface area (TPSA) is 41.6 Å². The average molecular weight is 329 g/mol. The molecule has 2 unspecified atom stereocenters. The third-order valence-corrected chi connectivity index (χ3v) is 5.98. The van der Waals surface area contributed by atoms with Crippen LogP contribution >= 0.6 is 11.8 Å². The number of hydrogen-bond donors (Lipinski definition) is 1. The van der Waals surface area contributed by atoms with E-state index in [0.717, 1.165) is 38.9 Å². The van der Waals surface area contributed by atoms with Gasteiger partial charge in [0, 0.05) is 30.4 Å². The quantitative estimate of drug-likeness (QED) is 0.858. The number of hydrogen-bond acceptors (Lipinski definition) is 4. The van der Waals surface area contributed by atoms with Gasteiger partial charge in [-0.3, -0.25) is 0 Å². The molecular formula is C17H32N2O2S. The smallest absolute Gasteiger partial charge is 0.410 e. The fraction of sp³-hybridized carbons (Fsp3) is 0.941. The van der Waals surface area contributed by atoms with Gasteiger partial charge in [-0.15, -0.1) is 0 Å². The summed E-state index contributed by atoms with van der Waals surface area (Å²) >= 11 is 2.10. The summed E-state index contributed by atoms with van der Waals surface area (Å²) in [6.07, 6.45) is 5.74. The van der Waals surface area contributed by atoms with Crippen molar-refractivity contribution in [2.24, 2.45) is 0 Å². The van der Waals surface area contributed by atoms with Gasteiger partial charge >= 0.3 is 6.09 Å². The van der Waals surface area contributed by atoms with Gasteiger partial charge in [0.15, 0.2) is 0 Å². The van der Waals surface area contributed by atoms with Gasteiger partial charge in [0.2, 0.25) is 0 Å². The number of amides is 1. The Labute approximate surface area is 139 Å². The second kappa shape index (κ2) is 7.43. The van der Waals surface area contributed by atoms with Crippen LogP contribution in [0.3, 0.4) is 0 Å². The lowest BCUT2D eigenvalue weighted by molar-refractivity contribution is 0.0256. The van der Waals surface area contributed by atoms with Gasteiger partial charge < -0.3 is 15.0 Å². The first kappa shape index (κ1) is 17.9. The predicted molar refractivity (Wildman–Crippen MR) is 93.5 cm³/mol. The Bertz CT molecular complexity index is 375. The van der Waals surface area contributed by atoms with E-state index in [1.807, 2.05) is 25.7 Å². The molecule has 1 amide bonds. The molecule has 2 aliphatic heterocycles. The summed E-state index contributed by atoms with van der Waals surface area (Å²) in [5.41, 5.74) is -0.407. The van der Waals surface area contributed by atoms with Gasteiger partial charge in [0.25, 0.3) is 0 Å². The van der Waals surface area contributed by atoms with E-state index in [9.17, 15) is 4.79 Å². The van der Waals surface area contributed by atoms with Crippen LogP contribution in [0.1, 0.15) is 59.8 Å². The Balaban J connectivity index is 1.76. The molecule has 0 aromatic heterocycles. The zero-order valence-corrected chi connectivity index (χ0v) is 15.4. The van der Waals surface area contributed by atoms with E-state index >= 15 is 0 Å². The summed E-state index contributed by atoms with van der Waals surface area (Å²) in [6, 6.07) is 0.533. The molecule has 2 heterocycles. The maximum atomic E-state index is 12.2.